The maximum Gasteiger partial charge on any atom is 0.243 e. The second-order valence-corrected chi connectivity index (χ2v) is 8.51. The van der Waals surface area contributed by atoms with Crippen LogP contribution in [0.5, 0.6) is 0 Å². The lowest BCUT2D eigenvalue weighted by Crippen LogP contribution is -2.57. The number of aliphatic hydroxyl groups is 1. The Kier molecular flexibility index (Phi) is 15.9. The minimum absolute atomic E-state index is 0.101. The third-order valence-electron chi connectivity index (χ3n) is 5.90. The highest BCUT2D eigenvalue weighted by Crippen LogP contribution is 2.13. The van der Waals surface area contributed by atoms with Gasteiger partial charge in [0, 0.05) is 27.1 Å². The van der Waals surface area contributed by atoms with Gasteiger partial charge in [-0.3, -0.25) is 14.4 Å². The van der Waals surface area contributed by atoms with E-state index in [1.165, 1.54) is 11.9 Å². The fourth-order valence-corrected chi connectivity index (χ4v) is 3.37. The van der Waals surface area contributed by atoms with Crippen LogP contribution in [0.2, 0.25) is 0 Å². The molecular formula is C22H46N6O4. The van der Waals surface area contributed by atoms with Crippen LogP contribution in [0.1, 0.15) is 59.3 Å². The lowest BCUT2D eigenvalue weighted by Gasteiger charge is -2.31. The van der Waals surface area contributed by atoms with Crippen molar-refractivity contribution in [3.63, 3.8) is 0 Å². The van der Waals surface area contributed by atoms with Crippen LogP contribution in [-0.4, -0.2) is 85.7 Å². The number of carbonyl (C=O) groups is 3. The lowest BCUT2D eigenvalue weighted by atomic mass is 10.0. The molecule has 0 heterocycles. The molecule has 10 nitrogen and oxygen atoms in total. The first-order chi connectivity index (χ1) is 15.1. The van der Waals surface area contributed by atoms with Gasteiger partial charge in [0.1, 0.15) is 6.04 Å². The van der Waals surface area contributed by atoms with Crippen LogP contribution < -0.4 is 27.4 Å². The summed E-state index contributed by atoms with van der Waals surface area (Å²) in [5.41, 5.74) is 11.3. The summed E-state index contributed by atoms with van der Waals surface area (Å²) in [7, 11) is 3.15. The van der Waals surface area contributed by atoms with Gasteiger partial charge in [0.25, 0.3) is 0 Å². The smallest absolute Gasteiger partial charge is 0.243 e. The van der Waals surface area contributed by atoms with Crippen molar-refractivity contribution in [3.8, 4) is 0 Å². The number of nitrogens with zero attached hydrogens (tertiary/aromatic N) is 1. The molecule has 0 aliphatic heterocycles. The number of aliphatic hydroxyl groups excluding tert-OH is 1. The number of hydrogen-bond donors (Lipinski definition) is 6. The Morgan fingerprint density at radius 1 is 1.03 bits per heavy atom. The van der Waals surface area contributed by atoms with Gasteiger partial charge in [0.2, 0.25) is 17.7 Å². The van der Waals surface area contributed by atoms with E-state index in [0.29, 0.717) is 31.7 Å². The first kappa shape index (κ1) is 30.2. The number of hydrogen-bond acceptors (Lipinski definition) is 7. The Hall–Kier alpha value is -1.75. The molecule has 0 aliphatic rings. The second-order valence-electron chi connectivity index (χ2n) is 8.51. The maximum atomic E-state index is 13.0. The highest BCUT2D eigenvalue weighted by atomic mass is 16.3. The van der Waals surface area contributed by atoms with Gasteiger partial charge in [-0.15, -0.1) is 0 Å². The minimum atomic E-state index is -0.871. The normalized spacial score (nSPS) is 15.9. The fourth-order valence-electron chi connectivity index (χ4n) is 3.37. The molecule has 5 atom stereocenters. The maximum absolute atomic E-state index is 13.0. The summed E-state index contributed by atoms with van der Waals surface area (Å²) in [6.07, 6.45) is 3.06. The van der Waals surface area contributed by atoms with Crippen molar-refractivity contribution < 1.29 is 19.5 Å². The van der Waals surface area contributed by atoms with Crippen LogP contribution in [0.15, 0.2) is 0 Å². The van der Waals surface area contributed by atoms with E-state index in [9.17, 15) is 19.5 Å². The largest absolute Gasteiger partial charge is 0.391 e. The van der Waals surface area contributed by atoms with Crippen molar-refractivity contribution in [2.45, 2.75) is 83.5 Å². The third kappa shape index (κ3) is 11.2. The van der Waals surface area contributed by atoms with Gasteiger partial charge >= 0.3 is 0 Å². The first-order valence-corrected chi connectivity index (χ1v) is 11.7. The van der Waals surface area contributed by atoms with Gasteiger partial charge in [0.05, 0.1) is 18.2 Å². The number of nitrogens with one attached hydrogen (secondary N) is 3. The van der Waals surface area contributed by atoms with Crippen LogP contribution in [0.25, 0.3) is 0 Å². The molecule has 0 saturated heterocycles. The van der Waals surface area contributed by atoms with Gasteiger partial charge in [-0.25, -0.2) is 0 Å². The van der Waals surface area contributed by atoms with E-state index in [0.717, 1.165) is 19.3 Å². The van der Waals surface area contributed by atoms with Crippen LogP contribution in [0.3, 0.4) is 0 Å². The van der Waals surface area contributed by atoms with Gasteiger partial charge in [-0.2, -0.15) is 0 Å². The predicted molar refractivity (Wildman–Crippen MR) is 127 cm³/mol. The van der Waals surface area contributed by atoms with Crippen LogP contribution in [0, 0.1) is 5.92 Å². The summed E-state index contributed by atoms with van der Waals surface area (Å²) in [6.45, 7) is 6.58. The summed E-state index contributed by atoms with van der Waals surface area (Å²) < 4.78 is 0. The lowest BCUT2D eigenvalue weighted by molar-refractivity contribution is -0.139. The third-order valence-corrected chi connectivity index (χ3v) is 5.90. The van der Waals surface area contributed by atoms with Crippen molar-refractivity contribution in [1.29, 1.82) is 0 Å². The molecule has 0 radical (unpaired) electrons. The molecule has 0 fully saturated rings. The molecule has 10 heteroatoms. The van der Waals surface area contributed by atoms with E-state index in [2.05, 4.69) is 29.8 Å². The SMILES string of the molecule is CC[C@H](C)CCCC(=O)N(C)[C@@H](CCN)C(=O)N[C@H](CN[C@@H](CCN)C(=O)NC)C(C)O. The molecule has 0 rings (SSSR count). The average Bonchev–Trinajstić information content (AvgIpc) is 2.77. The Labute approximate surface area is 193 Å². The van der Waals surface area contributed by atoms with Crippen LogP contribution in [-0.2, 0) is 14.4 Å². The number of amides is 3. The fraction of sp³-hybridized carbons (Fsp3) is 0.864. The molecule has 0 aromatic rings. The molecule has 8 N–H and O–H groups in total. The van der Waals surface area contributed by atoms with E-state index >= 15 is 0 Å². The molecule has 0 aliphatic carbocycles. The van der Waals surface area contributed by atoms with E-state index < -0.39 is 24.2 Å². The summed E-state index contributed by atoms with van der Waals surface area (Å²) in [6, 6.07) is -1.91. The van der Waals surface area contributed by atoms with E-state index in [1.807, 2.05) is 0 Å². The molecular weight excluding hydrogens is 412 g/mol. The van der Waals surface area contributed by atoms with Crippen molar-refractivity contribution in [2.75, 3.05) is 33.7 Å². The van der Waals surface area contributed by atoms with Crippen molar-refractivity contribution in [3.05, 3.63) is 0 Å². The second kappa shape index (κ2) is 16.8. The van der Waals surface area contributed by atoms with E-state index in [1.54, 1.807) is 14.0 Å². The zero-order chi connectivity index (χ0) is 24.7. The quantitative estimate of drug-likeness (QED) is 0.168. The van der Waals surface area contributed by atoms with Crippen LogP contribution in [0.4, 0.5) is 0 Å². The first-order valence-electron chi connectivity index (χ1n) is 11.7. The highest BCUT2D eigenvalue weighted by molar-refractivity contribution is 5.87. The average molecular weight is 459 g/mol. The molecule has 0 bridgehead atoms. The summed E-state index contributed by atoms with van der Waals surface area (Å²) in [5, 5.41) is 18.6. The van der Waals surface area contributed by atoms with E-state index in [-0.39, 0.29) is 30.8 Å². The number of carbonyl (C=O) groups excluding carboxylic acids is 3. The molecule has 0 spiro atoms. The Morgan fingerprint density at radius 2 is 1.66 bits per heavy atom. The molecule has 0 saturated carbocycles. The van der Waals surface area contributed by atoms with Gasteiger partial charge in [-0.1, -0.05) is 26.7 Å². The summed E-state index contributed by atoms with van der Waals surface area (Å²) in [4.78, 5) is 39.0. The highest BCUT2D eigenvalue weighted by Gasteiger charge is 2.29. The monoisotopic (exact) mass is 458 g/mol. The zero-order valence-corrected chi connectivity index (χ0v) is 20.5. The summed E-state index contributed by atoms with van der Waals surface area (Å²) in [5.74, 6) is -0.129. The molecule has 0 aromatic carbocycles. The molecule has 32 heavy (non-hydrogen) atoms. The Bertz CT molecular complexity index is 561. The van der Waals surface area contributed by atoms with Crippen LogP contribution >= 0.6 is 0 Å². The topological polar surface area (TPSA) is 163 Å². The Morgan fingerprint density at radius 3 is 2.16 bits per heavy atom. The van der Waals surface area contributed by atoms with Gasteiger partial charge in [0.15, 0.2) is 0 Å². The summed E-state index contributed by atoms with van der Waals surface area (Å²) >= 11 is 0. The van der Waals surface area contributed by atoms with Gasteiger partial charge < -0.3 is 37.4 Å². The number of likely N-dealkylation sites (N-methyl/N-ethyl adjacent to an activating group) is 2. The number of nitrogens with two attached hydrogens (primary N) is 2. The van der Waals surface area contributed by atoms with Crippen molar-refractivity contribution in [2.24, 2.45) is 17.4 Å². The molecule has 0 aromatic heterocycles. The Balaban J connectivity index is 5.07. The predicted octanol–water partition coefficient (Wildman–Crippen LogP) is -0.703. The zero-order valence-electron chi connectivity index (χ0n) is 20.5. The molecule has 188 valence electrons. The standard InChI is InChI=1S/C22H46N6O4/c1-6-15(2)8-7-9-20(30)28(5)19(11-13-24)22(32)27-18(16(3)29)14-26-17(10-12-23)21(31)25-4/h15-19,26,29H,6-14,23-24H2,1-5H3,(H,25,31)(H,27,32)/t15-,16?,17-,18+,19-/m0/s1. The van der Waals surface area contributed by atoms with E-state index in [4.69, 9.17) is 11.5 Å². The molecule has 1 unspecified atom stereocenters. The number of rotatable bonds is 17. The van der Waals surface area contributed by atoms with Crippen molar-refractivity contribution in [1.82, 2.24) is 20.9 Å². The van der Waals surface area contributed by atoms with Crippen molar-refractivity contribution >= 4 is 17.7 Å². The minimum Gasteiger partial charge on any atom is -0.391 e. The molecule has 3 amide bonds. The van der Waals surface area contributed by atoms with Gasteiger partial charge in [-0.05, 0) is 45.2 Å².